The van der Waals surface area contributed by atoms with Crippen molar-refractivity contribution in [2.45, 2.75) is 31.8 Å². The largest absolute Gasteiger partial charge is 0.493 e. The van der Waals surface area contributed by atoms with Gasteiger partial charge in [-0.25, -0.2) is 0 Å². The monoisotopic (exact) mass is 407 g/mol. The molecule has 2 aliphatic heterocycles. The summed E-state index contributed by atoms with van der Waals surface area (Å²) >= 11 is 0. The molecule has 2 aromatic carbocycles. The smallest absolute Gasteiger partial charge is 0.255 e. The first-order chi connectivity index (χ1) is 14.5. The fourth-order valence-corrected chi connectivity index (χ4v) is 3.69. The van der Waals surface area contributed by atoms with Crippen molar-refractivity contribution in [3.8, 4) is 5.75 Å². The van der Waals surface area contributed by atoms with Crippen LogP contribution in [0.15, 0.2) is 48.5 Å². The Balaban J connectivity index is 1.40. The molecule has 154 valence electrons. The van der Waals surface area contributed by atoms with Crippen LogP contribution in [0.2, 0.25) is 0 Å². The first kappa shape index (κ1) is 19.6. The number of nitrogens with one attached hydrogen (secondary N) is 2. The summed E-state index contributed by atoms with van der Waals surface area (Å²) in [5, 5.41) is 5.12. The Hall–Kier alpha value is -3.68. The van der Waals surface area contributed by atoms with Crippen molar-refractivity contribution in [1.29, 1.82) is 0 Å². The Morgan fingerprint density at radius 1 is 1.10 bits per heavy atom. The molecular weight excluding hydrogens is 386 g/mol. The standard InChI is InChI=1S/C22H21N3O5/c26-19-10-9-18(21(28)24-19)25-13-16-15(22(25)29)7-4-8-17(16)23-20(27)11-12-30-14-5-2-1-3-6-14/h1-8,18H,9-13H2,(H,23,27)(H,24,26,28). The van der Waals surface area contributed by atoms with Crippen LogP contribution in [-0.2, 0) is 20.9 Å². The van der Waals surface area contributed by atoms with E-state index in [4.69, 9.17) is 4.74 Å². The molecule has 0 radical (unpaired) electrons. The number of rotatable bonds is 6. The second-order valence-electron chi connectivity index (χ2n) is 7.19. The lowest BCUT2D eigenvalue weighted by molar-refractivity contribution is -0.137. The van der Waals surface area contributed by atoms with E-state index in [9.17, 15) is 19.2 Å². The van der Waals surface area contributed by atoms with E-state index in [-0.39, 0.29) is 43.7 Å². The quantitative estimate of drug-likeness (QED) is 0.711. The van der Waals surface area contributed by atoms with E-state index in [1.54, 1.807) is 18.2 Å². The van der Waals surface area contributed by atoms with E-state index in [1.807, 2.05) is 30.3 Å². The molecule has 1 unspecified atom stereocenters. The molecule has 2 aliphatic rings. The maximum absolute atomic E-state index is 12.8. The normalized spacial score (nSPS) is 18.1. The second-order valence-corrected chi connectivity index (χ2v) is 7.19. The molecule has 0 spiro atoms. The Kier molecular flexibility index (Phi) is 5.47. The minimum Gasteiger partial charge on any atom is -0.493 e. The maximum atomic E-state index is 12.8. The Morgan fingerprint density at radius 2 is 1.90 bits per heavy atom. The minimum atomic E-state index is -0.689. The maximum Gasteiger partial charge on any atom is 0.255 e. The van der Waals surface area contributed by atoms with E-state index in [0.29, 0.717) is 29.0 Å². The average molecular weight is 407 g/mol. The van der Waals surface area contributed by atoms with Gasteiger partial charge < -0.3 is 15.0 Å². The van der Waals surface area contributed by atoms with Gasteiger partial charge in [0.1, 0.15) is 11.8 Å². The molecule has 1 saturated heterocycles. The van der Waals surface area contributed by atoms with Gasteiger partial charge in [0.25, 0.3) is 5.91 Å². The van der Waals surface area contributed by atoms with Crippen LogP contribution in [0.5, 0.6) is 5.75 Å². The number of amides is 4. The van der Waals surface area contributed by atoms with Gasteiger partial charge in [-0.05, 0) is 30.7 Å². The van der Waals surface area contributed by atoms with Crippen LogP contribution in [0.1, 0.15) is 35.2 Å². The molecule has 8 heteroatoms. The van der Waals surface area contributed by atoms with Crippen molar-refractivity contribution in [1.82, 2.24) is 10.2 Å². The number of nitrogens with zero attached hydrogens (tertiary/aromatic N) is 1. The van der Waals surface area contributed by atoms with Crippen LogP contribution < -0.4 is 15.4 Å². The van der Waals surface area contributed by atoms with Crippen LogP contribution in [-0.4, -0.2) is 41.2 Å². The SMILES string of the molecule is O=C1CCC(N2Cc3c(NC(=O)CCOc4ccccc4)cccc3C2=O)C(=O)N1. The topological polar surface area (TPSA) is 105 Å². The van der Waals surface area contributed by atoms with Crippen molar-refractivity contribution >= 4 is 29.3 Å². The zero-order valence-corrected chi connectivity index (χ0v) is 16.2. The molecule has 0 bridgehead atoms. The van der Waals surface area contributed by atoms with Crippen molar-refractivity contribution in [2.24, 2.45) is 0 Å². The van der Waals surface area contributed by atoms with Crippen LogP contribution in [0, 0.1) is 0 Å². The summed E-state index contributed by atoms with van der Waals surface area (Å²) in [5.74, 6) is -0.604. The number of anilines is 1. The summed E-state index contributed by atoms with van der Waals surface area (Å²) in [7, 11) is 0. The van der Waals surface area contributed by atoms with E-state index in [0.717, 1.165) is 0 Å². The van der Waals surface area contributed by atoms with Crippen molar-refractivity contribution in [2.75, 3.05) is 11.9 Å². The van der Waals surface area contributed by atoms with Gasteiger partial charge in [0.05, 0.1) is 13.0 Å². The molecule has 2 aromatic rings. The van der Waals surface area contributed by atoms with Crippen LogP contribution in [0.3, 0.4) is 0 Å². The highest BCUT2D eigenvalue weighted by atomic mass is 16.5. The first-order valence-electron chi connectivity index (χ1n) is 9.77. The van der Waals surface area contributed by atoms with Crippen LogP contribution in [0.4, 0.5) is 5.69 Å². The molecular formula is C22H21N3O5. The molecule has 0 aliphatic carbocycles. The predicted molar refractivity (Wildman–Crippen MR) is 108 cm³/mol. The first-order valence-corrected chi connectivity index (χ1v) is 9.77. The zero-order valence-electron chi connectivity index (χ0n) is 16.2. The number of ether oxygens (including phenoxy) is 1. The number of fused-ring (bicyclic) bond motifs is 1. The molecule has 30 heavy (non-hydrogen) atoms. The number of carbonyl (C=O) groups is 4. The number of hydrogen-bond acceptors (Lipinski definition) is 5. The third-order valence-corrected chi connectivity index (χ3v) is 5.20. The molecule has 0 saturated carbocycles. The number of carbonyl (C=O) groups excluding carboxylic acids is 4. The minimum absolute atomic E-state index is 0.156. The Labute approximate surface area is 173 Å². The number of piperidine rings is 1. The van der Waals surface area contributed by atoms with Crippen molar-refractivity contribution in [3.63, 3.8) is 0 Å². The highest BCUT2D eigenvalue weighted by molar-refractivity contribution is 6.06. The lowest BCUT2D eigenvalue weighted by atomic mass is 10.0. The molecule has 4 amide bonds. The summed E-state index contributed by atoms with van der Waals surface area (Å²) in [5.41, 5.74) is 1.67. The van der Waals surface area contributed by atoms with Crippen molar-refractivity contribution < 1.29 is 23.9 Å². The third-order valence-electron chi connectivity index (χ3n) is 5.20. The number of imide groups is 1. The van der Waals surface area contributed by atoms with E-state index >= 15 is 0 Å². The predicted octanol–water partition coefficient (Wildman–Crippen LogP) is 1.86. The summed E-state index contributed by atoms with van der Waals surface area (Å²) < 4.78 is 5.55. The molecule has 1 atom stereocenters. The molecule has 1 fully saturated rings. The van der Waals surface area contributed by atoms with Gasteiger partial charge in [-0.1, -0.05) is 24.3 Å². The van der Waals surface area contributed by atoms with Gasteiger partial charge in [-0.3, -0.25) is 24.5 Å². The summed E-state index contributed by atoms with van der Waals surface area (Å²) in [4.78, 5) is 50.2. The van der Waals surface area contributed by atoms with Gasteiger partial charge in [0.15, 0.2) is 0 Å². The van der Waals surface area contributed by atoms with Gasteiger partial charge in [-0.15, -0.1) is 0 Å². The summed E-state index contributed by atoms with van der Waals surface area (Å²) in [6.45, 7) is 0.434. The van der Waals surface area contributed by atoms with Gasteiger partial charge >= 0.3 is 0 Å². The Bertz CT molecular complexity index is 1010. The van der Waals surface area contributed by atoms with E-state index < -0.39 is 11.9 Å². The number of hydrogen-bond donors (Lipinski definition) is 2. The van der Waals surface area contributed by atoms with E-state index in [2.05, 4.69) is 10.6 Å². The number of para-hydroxylation sites is 1. The summed E-state index contributed by atoms with van der Waals surface area (Å²) in [6.07, 6.45) is 0.647. The molecule has 0 aromatic heterocycles. The summed E-state index contributed by atoms with van der Waals surface area (Å²) in [6, 6.07) is 13.6. The molecule has 8 nitrogen and oxygen atoms in total. The fourth-order valence-electron chi connectivity index (χ4n) is 3.69. The highest BCUT2D eigenvalue weighted by Crippen LogP contribution is 2.32. The Morgan fingerprint density at radius 3 is 2.67 bits per heavy atom. The molecule has 2 heterocycles. The average Bonchev–Trinajstić information content (AvgIpc) is 3.06. The third kappa shape index (κ3) is 4.03. The van der Waals surface area contributed by atoms with Gasteiger partial charge in [-0.2, -0.15) is 0 Å². The van der Waals surface area contributed by atoms with Gasteiger partial charge in [0.2, 0.25) is 17.7 Å². The fraction of sp³-hybridized carbons (Fsp3) is 0.273. The lowest BCUT2D eigenvalue weighted by Crippen LogP contribution is -2.52. The van der Waals surface area contributed by atoms with Gasteiger partial charge in [0, 0.05) is 29.8 Å². The molecule has 2 N–H and O–H groups in total. The highest BCUT2D eigenvalue weighted by Gasteiger charge is 2.39. The molecule has 4 rings (SSSR count). The van der Waals surface area contributed by atoms with Crippen LogP contribution >= 0.6 is 0 Å². The lowest BCUT2D eigenvalue weighted by Gasteiger charge is -2.29. The second kappa shape index (κ2) is 8.36. The van der Waals surface area contributed by atoms with Crippen LogP contribution in [0.25, 0.3) is 0 Å². The van der Waals surface area contributed by atoms with Crippen molar-refractivity contribution in [3.05, 3.63) is 59.7 Å². The number of benzene rings is 2. The zero-order chi connectivity index (χ0) is 21.1. The van der Waals surface area contributed by atoms with E-state index in [1.165, 1.54) is 4.90 Å².